The van der Waals surface area contributed by atoms with E-state index < -0.39 is 23.7 Å². The predicted molar refractivity (Wildman–Crippen MR) is 65.0 cm³/mol. The van der Waals surface area contributed by atoms with Crippen molar-refractivity contribution in [3.05, 3.63) is 28.5 Å². The van der Waals surface area contributed by atoms with E-state index in [1.165, 1.54) is 12.1 Å². The van der Waals surface area contributed by atoms with Gasteiger partial charge in [-0.1, -0.05) is 6.07 Å². The lowest BCUT2D eigenvalue weighted by molar-refractivity contribution is -0.136. The van der Waals surface area contributed by atoms with Crippen LogP contribution in [0.25, 0.3) is 0 Å². The average molecular weight is 320 g/mol. The molecule has 1 fully saturated rings. The van der Waals surface area contributed by atoms with Crippen molar-refractivity contribution in [2.45, 2.75) is 24.9 Å². The highest BCUT2D eigenvalue weighted by atomic mass is 79.9. The van der Waals surface area contributed by atoms with Gasteiger partial charge < -0.3 is 5.32 Å². The second kappa shape index (κ2) is 5.27. The molecule has 98 valence electrons. The van der Waals surface area contributed by atoms with E-state index >= 15 is 0 Å². The molecule has 0 radical (unpaired) electrons. The van der Waals surface area contributed by atoms with Crippen LogP contribution in [0.5, 0.6) is 0 Å². The molecule has 1 unspecified atom stereocenters. The lowest BCUT2D eigenvalue weighted by Gasteiger charge is -2.19. The van der Waals surface area contributed by atoms with Crippen molar-refractivity contribution in [2.75, 3.05) is 6.54 Å². The molecule has 1 atom stereocenters. The maximum absolute atomic E-state index is 13.8. The minimum Gasteiger partial charge on any atom is -0.306 e. The highest BCUT2D eigenvalue weighted by molar-refractivity contribution is 9.10. The summed E-state index contributed by atoms with van der Waals surface area (Å²) in [5.41, 5.74) is -0.483. The van der Waals surface area contributed by atoms with Gasteiger partial charge in [0.1, 0.15) is 10.3 Å². The fourth-order valence-corrected chi connectivity index (χ4v) is 2.14. The average Bonchev–Trinajstić information content (AvgIpc) is 2.82. The number of hydrogen-bond donors (Lipinski definition) is 2. The summed E-state index contributed by atoms with van der Waals surface area (Å²) < 4.78 is 27.9. The maximum Gasteiger partial charge on any atom is 0.369 e. The van der Waals surface area contributed by atoms with Crippen molar-refractivity contribution in [1.29, 1.82) is 0 Å². The van der Waals surface area contributed by atoms with Crippen LogP contribution in [0.3, 0.4) is 0 Å². The number of amides is 1. The molecule has 1 aromatic heterocycles. The highest BCUT2D eigenvalue weighted by Crippen LogP contribution is 2.24. The Kier molecular flexibility index (Phi) is 3.91. The zero-order valence-electron chi connectivity index (χ0n) is 9.42. The van der Waals surface area contributed by atoms with Gasteiger partial charge in [-0.2, -0.15) is 8.78 Å². The Morgan fingerprint density at radius 3 is 2.94 bits per heavy atom. The van der Waals surface area contributed by atoms with E-state index in [2.05, 4.69) is 26.2 Å². The van der Waals surface area contributed by atoms with Gasteiger partial charge in [0.2, 0.25) is 5.91 Å². The molecule has 1 amide bonds. The molecule has 2 heterocycles. The van der Waals surface area contributed by atoms with Crippen molar-refractivity contribution in [1.82, 2.24) is 15.6 Å². The summed E-state index contributed by atoms with van der Waals surface area (Å²) in [4.78, 5) is 15.3. The molecular weight excluding hydrogens is 308 g/mol. The summed E-state index contributed by atoms with van der Waals surface area (Å²) in [6.45, 7) is 0.679. The number of pyridine rings is 1. The maximum atomic E-state index is 13.8. The first-order chi connectivity index (χ1) is 8.49. The van der Waals surface area contributed by atoms with E-state index in [1.54, 1.807) is 11.4 Å². The van der Waals surface area contributed by atoms with Crippen molar-refractivity contribution in [2.24, 2.45) is 0 Å². The van der Waals surface area contributed by atoms with Gasteiger partial charge >= 0.3 is 6.05 Å². The van der Waals surface area contributed by atoms with Gasteiger partial charge in [-0.3, -0.25) is 10.1 Å². The smallest absolute Gasteiger partial charge is 0.306 e. The number of hydrogen-bond acceptors (Lipinski definition) is 3. The Hall–Kier alpha value is -1.08. The SMILES string of the molecule is O=C(NC(F)(F)c1cccc(Br)n1)C1CCCN1. The Balaban J connectivity index is 2.08. The number of halogens is 3. The van der Waals surface area contributed by atoms with Crippen LogP contribution in [0.4, 0.5) is 8.78 Å². The number of carbonyl (C=O) groups excluding carboxylic acids is 1. The van der Waals surface area contributed by atoms with Gasteiger partial charge in [-0.15, -0.1) is 0 Å². The van der Waals surface area contributed by atoms with Crippen LogP contribution in [-0.4, -0.2) is 23.5 Å². The number of alkyl halides is 2. The summed E-state index contributed by atoms with van der Waals surface area (Å²) in [5.74, 6) is -0.695. The second-order valence-corrected chi connectivity index (χ2v) is 4.87. The number of carbonyl (C=O) groups is 1. The van der Waals surface area contributed by atoms with Crippen LogP contribution < -0.4 is 10.6 Å². The summed E-state index contributed by atoms with van der Waals surface area (Å²) in [6.07, 6.45) is 1.40. The third-order valence-corrected chi connectivity index (χ3v) is 3.14. The van der Waals surface area contributed by atoms with Gasteiger partial charge in [0, 0.05) is 0 Å². The molecule has 0 bridgehead atoms. The Morgan fingerprint density at radius 2 is 2.33 bits per heavy atom. The molecule has 2 N–H and O–H groups in total. The Bertz CT molecular complexity index is 450. The van der Waals surface area contributed by atoms with Crippen molar-refractivity contribution >= 4 is 21.8 Å². The predicted octanol–water partition coefficient (Wildman–Crippen LogP) is 1.76. The number of nitrogens with zero attached hydrogens (tertiary/aromatic N) is 1. The summed E-state index contributed by atoms with van der Waals surface area (Å²) in [6, 6.07) is 0.154. The molecule has 1 aliphatic rings. The monoisotopic (exact) mass is 319 g/mol. The first-order valence-electron chi connectivity index (χ1n) is 5.55. The van der Waals surface area contributed by atoms with Crippen LogP contribution >= 0.6 is 15.9 Å². The normalized spacial score (nSPS) is 19.8. The van der Waals surface area contributed by atoms with Gasteiger partial charge in [0.05, 0.1) is 6.04 Å². The van der Waals surface area contributed by atoms with Crippen molar-refractivity contribution in [3.8, 4) is 0 Å². The fraction of sp³-hybridized carbons (Fsp3) is 0.455. The lowest BCUT2D eigenvalue weighted by atomic mass is 10.2. The molecule has 4 nitrogen and oxygen atoms in total. The molecule has 1 saturated heterocycles. The van der Waals surface area contributed by atoms with Gasteiger partial charge in [-0.05, 0) is 47.4 Å². The molecule has 0 aromatic carbocycles. The molecular formula is C11H12BrF2N3O. The van der Waals surface area contributed by atoms with Crippen molar-refractivity contribution in [3.63, 3.8) is 0 Å². The zero-order chi connectivity index (χ0) is 13.2. The zero-order valence-corrected chi connectivity index (χ0v) is 11.0. The van der Waals surface area contributed by atoms with Crippen LogP contribution in [0.15, 0.2) is 22.8 Å². The largest absolute Gasteiger partial charge is 0.369 e. The third kappa shape index (κ3) is 3.02. The number of rotatable bonds is 3. The minimum absolute atomic E-state index is 0.299. The topological polar surface area (TPSA) is 54.0 Å². The van der Waals surface area contributed by atoms with E-state index in [0.717, 1.165) is 6.42 Å². The number of nitrogens with one attached hydrogen (secondary N) is 2. The first kappa shape index (κ1) is 13.4. The molecule has 7 heteroatoms. The molecule has 1 aliphatic heterocycles. The molecule has 18 heavy (non-hydrogen) atoms. The molecule has 0 saturated carbocycles. The van der Waals surface area contributed by atoms with Gasteiger partial charge in [0.25, 0.3) is 0 Å². The van der Waals surface area contributed by atoms with Crippen LogP contribution in [-0.2, 0) is 10.8 Å². The van der Waals surface area contributed by atoms with Gasteiger partial charge in [0.15, 0.2) is 0 Å². The van der Waals surface area contributed by atoms with E-state index in [0.29, 0.717) is 17.6 Å². The summed E-state index contributed by atoms with van der Waals surface area (Å²) in [5, 5.41) is 4.59. The van der Waals surface area contributed by atoms with E-state index in [9.17, 15) is 13.6 Å². The van der Waals surface area contributed by atoms with Crippen LogP contribution in [0, 0.1) is 0 Å². The van der Waals surface area contributed by atoms with E-state index in [4.69, 9.17) is 0 Å². The third-order valence-electron chi connectivity index (χ3n) is 2.69. The number of aromatic nitrogens is 1. The first-order valence-corrected chi connectivity index (χ1v) is 6.34. The highest BCUT2D eigenvalue weighted by Gasteiger charge is 2.37. The molecule has 0 spiro atoms. The van der Waals surface area contributed by atoms with E-state index in [1.807, 2.05) is 0 Å². The quantitative estimate of drug-likeness (QED) is 0.659. The molecule has 2 rings (SSSR count). The fourth-order valence-electron chi connectivity index (χ4n) is 1.80. The molecule has 1 aromatic rings. The minimum atomic E-state index is -3.47. The summed E-state index contributed by atoms with van der Waals surface area (Å²) in [7, 11) is 0. The Morgan fingerprint density at radius 1 is 1.56 bits per heavy atom. The summed E-state index contributed by atoms with van der Waals surface area (Å²) >= 11 is 3.02. The van der Waals surface area contributed by atoms with Crippen LogP contribution in [0.1, 0.15) is 18.5 Å². The lowest BCUT2D eigenvalue weighted by Crippen LogP contribution is -2.47. The van der Waals surface area contributed by atoms with Gasteiger partial charge in [-0.25, -0.2) is 4.98 Å². The second-order valence-electron chi connectivity index (χ2n) is 4.06. The standard InChI is InChI=1S/C11H12BrF2N3O/c12-9-5-1-4-8(16-9)11(13,14)17-10(18)7-3-2-6-15-7/h1,4-5,7,15H,2-3,6H2,(H,17,18). The molecule has 0 aliphatic carbocycles. The van der Waals surface area contributed by atoms with Crippen LogP contribution in [0.2, 0.25) is 0 Å². The Labute approximate surface area is 111 Å². The van der Waals surface area contributed by atoms with Crippen molar-refractivity contribution < 1.29 is 13.6 Å². The van der Waals surface area contributed by atoms with E-state index in [-0.39, 0.29) is 0 Å².